The second-order valence-electron chi connectivity index (χ2n) is 5.45. The van der Waals surface area contributed by atoms with E-state index in [0.717, 1.165) is 25.7 Å². The summed E-state index contributed by atoms with van der Waals surface area (Å²) in [4.78, 5) is 0. The minimum atomic E-state index is -0.399. The Morgan fingerprint density at radius 2 is 1.84 bits per heavy atom. The molecule has 2 fully saturated rings. The van der Waals surface area contributed by atoms with Crippen LogP contribution in [0.25, 0.3) is 0 Å². The van der Waals surface area contributed by atoms with Gasteiger partial charge < -0.3 is 24.1 Å². The van der Waals surface area contributed by atoms with Crippen LogP contribution >= 0.6 is 0 Å². The molecule has 0 saturated heterocycles. The van der Waals surface area contributed by atoms with Crippen molar-refractivity contribution in [3.8, 4) is 0 Å². The molecule has 0 radical (unpaired) electrons. The highest BCUT2D eigenvalue weighted by Gasteiger charge is 2.43. The summed E-state index contributed by atoms with van der Waals surface area (Å²) in [5, 5.41) is 9.73. The zero-order chi connectivity index (χ0) is 13.7. The van der Waals surface area contributed by atoms with Crippen LogP contribution in [-0.4, -0.2) is 63.1 Å². The van der Waals surface area contributed by atoms with Gasteiger partial charge in [-0.15, -0.1) is 0 Å². The molecule has 5 nitrogen and oxygen atoms in total. The third-order valence-corrected chi connectivity index (χ3v) is 4.10. The van der Waals surface area contributed by atoms with Gasteiger partial charge in [-0.2, -0.15) is 0 Å². The fourth-order valence-corrected chi connectivity index (χ4v) is 2.86. The normalized spacial score (nSPS) is 39.0. The molecule has 0 aromatic heterocycles. The topological polar surface area (TPSA) is 57.2 Å². The van der Waals surface area contributed by atoms with Gasteiger partial charge in [0.05, 0.1) is 37.6 Å². The van der Waals surface area contributed by atoms with Gasteiger partial charge in [0.2, 0.25) is 0 Å². The van der Waals surface area contributed by atoms with Gasteiger partial charge in [0.25, 0.3) is 0 Å². The lowest BCUT2D eigenvalue weighted by atomic mass is 9.87. The molecule has 112 valence electrons. The van der Waals surface area contributed by atoms with Crippen molar-refractivity contribution in [3.63, 3.8) is 0 Å². The van der Waals surface area contributed by atoms with Crippen LogP contribution in [0.2, 0.25) is 0 Å². The van der Waals surface area contributed by atoms with Crippen molar-refractivity contribution in [2.75, 3.05) is 27.4 Å². The average Bonchev–Trinajstić information content (AvgIpc) is 2.43. The summed E-state index contributed by atoms with van der Waals surface area (Å²) in [7, 11) is 3.40. The van der Waals surface area contributed by atoms with Crippen LogP contribution in [0.1, 0.15) is 32.1 Å². The number of hydrogen-bond donors (Lipinski definition) is 1. The number of aliphatic hydroxyl groups excluding tert-OH is 1. The molecule has 0 aromatic carbocycles. The first-order valence-corrected chi connectivity index (χ1v) is 7.21. The molecule has 5 atom stereocenters. The highest BCUT2D eigenvalue weighted by Crippen LogP contribution is 2.32. The maximum atomic E-state index is 9.73. The van der Waals surface area contributed by atoms with Crippen LogP contribution < -0.4 is 0 Å². The number of ether oxygens (including phenoxy) is 4. The fraction of sp³-hybridized carbons (Fsp3) is 1.00. The summed E-state index contributed by atoms with van der Waals surface area (Å²) >= 11 is 0. The molecular weight excluding hydrogens is 248 g/mol. The Hall–Kier alpha value is -0.200. The maximum Gasteiger partial charge on any atom is 0.110 e. The standard InChI is InChI=1S/C14H26O5/c1-16-6-7-18-14-12(15)9-13(14)19-11-5-3-4-10(8-11)17-2/h10-15H,3-9H2,1-2H3. The van der Waals surface area contributed by atoms with E-state index >= 15 is 0 Å². The Bertz CT molecular complexity index is 260. The molecule has 2 aliphatic rings. The van der Waals surface area contributed by atoms with Crippen LogP contribution in [0.3, 0.4) is 0 Å². The van der Waals surface area contributed by atoms with Crippen LogP contribution in [0.15, 0.2) is 0 Å². The van der Waals surface area contributed by atoms with E-state index in [1.165, 1.54) is 0 Å². The van der Waals surface area contributed by atoms with Crippen LogP contribution in [0, 0.1) is 0 Å². The van der Waals surface area contributed by atoms with Crippen molar-refractivity contribution < 1.29 is 24.1 Å². The Morgan fingerprint density at radius 1 is 1.05 bits per heavy atom. The zero-order valence-corrected chi connectivity index (χ0v) is 11.9. The molecule has 0 spiro atoms. The molecule has 0 bridgehead atoms. The fourth-order valence-electron chi connectivity index (χ4n) is 2.86. The molecule has 2 saturated carbocycles. The SMILES string of the molecule is COCCOC1C(O)CC1OC1CCCC(OC)C1. The van der Waals surface area contributed by atoms with Gasteiger partial charge in [-0.3, -0.25) is 0 Å². The molecule has 2 rings (SSSR count). The summed E-state index contributed by atoms with van der Waals surface area (Å²) < 4.78 is 22.0. The third kappa shape index (κ3) is 4.13. The largest absolute Gasteiger partial charge is 0.390 e. The molecule has 0 aromatic rings. The van der Waals surface area contributed by atoms with Gasteiger partial charge in [0.15, 0.2) is 0 Å². The van der Waals surface area contributed by atoms with Crippen molar-refractivity contribution in [2.24, 2.45) is 0 Å². The highest BCUT2D eigenvalue weighted by molar-refractivity contribution is 4.93. The van der Waals surface area contributed by atoms with E-state index in [9.17, 15) is 5.11 Å². The number of methoxy groups -OCH3 is 2. The zero-order valence-electron chi connectivity index (χ0n) is 11.9. The second kappa shape index (κ2) is 7.55. The predicted molar refractivity (Wildman–Crippen MR) is 70.2 cm³/mol. The molecule has 0 amide bonds. The molecule has 2 aliphatic carbocycles. The monoisotopic (exact) mass is 274 g/mol. The average molecular weight is 274 g/mol. The van der Waals surface area contributed by atoms with Crippen molar-refractivity contribution in [1.29, 1.82) is 0 Å². The Morgan fingerprint density at radius 3 is 2.53 bits per heavy atom. The first kappa shape index (κ1) is 15.2. The Kier molecular flexibility index (Phi) is 6.04. The summed E-state index contributed by atoms with van der Waals surface area (Å²) in [5.74, 6) is 0. The van der Waals surface area contributed by atoms with Crippen molar-refractivity contribution in [3.05, 3.63) is 0 Å². The van der Waals surface area contributed by atoms with Crippen LogP contribution in [0.5, 0.6) is 0 Å². The van der Waals surface area contributed by atoms with Gasteiger partial charge >= 0.3 is 0 Å². The van der Waals surface area contributed by atoms with E-state index in [4.69, 9.17) is 18.9 Å². The van der Waals surface area contributed by atoms with E-state index in [-0.39, 0.29) is 18.3 Å². The van der Waals surface area contributed by atoms with E-state index < -0.39 is 6.10 Å². The minimum absolute atomic E-state index is 0.0208. The van der Waals surface area contributed by atoms with Gasteiger partial charge in [0.1, 0.15) is 6.10 Å². The molecule has 0 heterocycles. The number of hydrogen-bond acceptors (Lipinski definition) is 5. The van der Waals surface area contributed by atoms with E-state index in [2.05, 4.69) is 0 Å². The highest BCUT2D eigenvalue weighted by atomic mass is 16.6. The lowest BCUT2D eigenvalue weighted by Crippen LogP contribution is -2.55. The summed E-state index contributed by atoms with van der Waals surface area (Å²) in [5.41, 5.74) is 0. The molecule has 19 heavy (non-hydrogen) atoms. The minimum Gasteiger partial charge on any atom is -0.390 e. The Balaban J connectivity index is 1.72. The van der Waals surface area contributed by atoms with Crippen molar-refractivity contribution in [2.45, 2.75) is 62.6 Å². The van der Waals surface area contributed by atoms with Gasteiger partial charge in [0, 0.05) is 20.6 Å². The lowest BCUT2D eigenvalue weighted by Gasteiger charge is -2.43. The third-order valence-electron chi connectivity index (χ3n) is 4.10. The molecule has 5 heteroatoms. The first-order chi connectivity index (χ1) is 9.24. The second-order valence-corrected chi connectivity index (χ2v) is 5.45. The van der Waals surface area contributed by atoms with Crippen LogP contribution in [0.4, 0.5) is 0 Å². The molecular formula is C14H26O5. The number of rotatable bonds is 7. The van der Waals surface area contributed by atoms with Gasteiger partial charge in [-0.1, -0.05) is 0 Å². The maximum absolute atomic E-state index is 9.73. The molecule has 1 N–H and O–H groups in total. The number of aliphatic hydroxyl groups is 1. The Labute approximate surface area is 115 Å². The first-order valence-electron chi connectivity index (χ1n) is 7.21. The van der Waals surface area contributed by atoms with E-state index in [1.54, 1.807) is 14.2 Å². The van der Waals surface area contributed by atoms with Crippen molar-refractivity contribution in [1.82, 2.24) is 0 Å². The van der Waals surface area contributed by atoms with E-state index in [1.807, 2.05) is 0 Å². The molecule has 0 aliphatic heterocycles. The summed E-state index contributed by atoms with van der Waals surface area (Å²) in [6.45, 7) is 1.05. The summed E-state index contributed by atoms with van der Waals surface area (Å²) in [6.07, 6.45) is 4.96. The molecule has 5 unspecified atom stereocenters. The smallest absolute Gasteiger partial charge is 0.110 e. The summed E-state index contributed by atoms with van der Waals surface area (Å²) in [6, 6.07) is 0. The van der Waals surface area contributed by atoms with Crippen molar-refractivity contribution >= 4 is 0 Å². The van der Waals surface area contributed by atoms with Gasteiger partial charge in [-0.05, 0) is 25.7 Å². The quantitative estimate of drug-likeness (QED) is 0.705. The van der Waals surface area contributed by atoms with Gasteiger partial charge in [-0.25, -0.2) is 0 Å². The van der Waals surface area contributed by atoms with Crippen LogP contribution in [-0.2, 0) is 18.9 Å². The predicted octanol–water partition coefficient (Wildman–Crippen LogP) is 1.13. The lowest BCUT2D eigenvalue weighted by molar-refractivity contribution is -0.216. The van der Waals surface area contributed by atoms with E-state index in [0.29, 0.717) is 25.7 Å².